The lowest BCUT2D eigenvalue weighted by atomic mass is 10.1. The molecule has 0 aliphatic carbocycles. The number of anilines is 1. The van der Waals surface area contributed by atoms with E-state index in [0.717, 1.165) is 11.3 Å². The number of halogens is 1. The summed E-state index contributed by atoms with van der Waals surface area (Å²) >= 11 is 7.08. The van der Waals surface area contributed by atoms with Gasteiger partial charge in [0.05, 0.1) is 14.8 Å². The molecule has 0 aromatic carbocycles. The summed E-state index contributed by atoms with van der Waals surface area (Å²) in [4.78, 5) is 21.5. The Kier molecular flexibility index (Phi) is 4.14. The zero-order chi connectivity index (χ0) is 16.6. The fraction of sp³-hybridized carbons (Fsp3) is 0.200. The highest BCUT2D eigenvalue weighted by atomic mass is 35.5. The first-order valence-electron chi connectivity index (χ1n) is 6.79. The van der Waals surface area contributed by atoms with Gasteiger partial charge in [-0.3, -0.25) is 4.79 Å². The summed E-state index contributed by atoms with van der Waals surface area (Å²) in [6, 6.07) is 5.25. The molecular formula is C15H13ClN4O2S. The van der Waals surface area contributed by atoms with Crippen LogP contribution in [-0.2, 0) is 0 Å². The van der Waals surface area contributed by atoms with E-state index < -0.39 is 0 Å². The predicted molar refractivity (Wildman–Crippen MR) is 89.0 cm³/mol. The lowest BCUT2D eigenvalue weighted by Gasteiger charge is -2.11. The van der Waals surface area contributed by atoms with Crippen LogP contribution >= 0.6 is 22.9 Å². The van der Waals surface area contributed by atoms with E-state index in [4.69, 9.17) is 16.1 Å². The standard InChI is InChI=1S/C15H13ClN4O2S/c1-7-6-8(2)17-13(12(7)14-18-9(3)22-20-14)19-15(21)10-4-5-11(16)23-10/h4-6H,1-3H3,(H,17,19,21). The van der Waals surface area contributed by atoms with Crippen molar-refractivity contribution in [2.45, 2.75) is 20.8 Å². The summed E-state index contributed by atoms with van der Waals surface area (Å²) in [5, 5.41) is 6.74. The fourth-order valence-electron chi connectivity index (χ4n) is 2.22. The molecule has 0 saturated heterocycles. The molecule has 0 unspecified atom stereocenters. The van der Waals surface area contributed by atoms with E-state index in [1.807, 2.05) is 19.9 Å². The van der Waals surface area contributed by atoms with Gasteiger partial charge in [0.2, 0.25) is 11.7 Å². The Morgan fingerprint density at radius 3 is 2.65 bits per heavy atom. The lowest BCUT2D eigenvalue weighted by Crippen LogP contribution is -2.13. The number of nitrogens with one attached hydrogen (secondary N) is 1. The molecule has 0 aliphatic heterocycles. The van der Waals surface area contributed by atoms with Crippen LogP contribution in [-0.4, -0.2) is 21.0 Å². The number of carbonyl (C=O) groups excluding carboxylic acids is 1. The third kappa shape index (κ3) is 3.25. The van der Waals surface area contributed by atoms with Crippen molar-refractivity contribution in [3.8, 4) is 11.4 Å². The van der Waals surface area contributed by atoms with Crippen molar-refractivity contribution in [1.29, 1.82) is 0 Å². The third-order valence-corrected chi connectivity index (χ3v) is 4.35. The molecule has 0 saturated carbocycles. The van der Waals surface area contributed by atoms with E-state index in [-0.39, 0.29) is 5.91 Å². The number of rotatable bonds is 3. The molecule has 1 N–H and O–H groups in total. The normalized spacial score (nSPS) is 10.8. The first-order valence-corrected chi connectivity index (χ1v) is 7.99. The van der Waals surface area contributed by atoms with Gasteiger partial charge in [0.25, 0.3) is 5.91 Å². The van der Waals surface area contributed by atoms with Crippen molar-refractivity contribution < 1.29 is 9.32 Å². The number of hydrogen-bond acceptors (Lipinski definition) is 6. The molecule has 0 bridgehead atoms. The predicted octanol–water partition coefficient (Wildman–Crippen LogP) is 4.02. The van der Waals surface area contributed by atoms with E-state index >= 15 is 0 Å². The summed E-state index contributed by atoms with van der Waals surface area (Å²) in [5.41, 5.74) is 2.33. The van der Waals surface area contributed by atoms with Crippen LogP contribution in [0.5, 0.6) is 0 Å². The van der Waals surface area contributed by atoms with Crippen LogP contribution in [0, 0.1) is 20.8 Å². The number of pyridine rings is 1. The smallest absolute Gasteiger partial charge is 0.266 e. The quantitative estimate of drug-likeness (QED) is 0.773. The second kappa shape index (κ2) is 6.10. The summed E-state index contributed by atoms with van der Waals surface area (Å²) in [7, 11) is 0. The van der Waals surface area contributed by atoms with E-state index in [2.05, 4.69) is 20.4 Å². The first kappa shape index (κ1) is 15.6. The monoisotopic (exact) mass is 348 g/mol. The Hall–Kier alpha value is -2.25. The molecular weight excluding hydrogens is 336 g/mol. The highest BCUT2D eigenvalue weighted by Gasteiger charge is 2.19. The van der Waals surface area contributed by atoms with Gasteiger partial charge in [-0.15, -0.1) is 11.3 Å². The molecule has 0 atom stereocenters. The second-order valence-electron chi connectivity index (χ2n) is 5.00. The molecule has 1 amide bonds. The molecule has 0 aliphatic rings. The van der Waals surface area contributed by atoms with Crippen LogP contribution in [0.15, 0.2) is 22.7 Å². The van der Waals surface area contributed by atoms with E-state index in [0.29, 0.717) is 32.3 Å². The summed E-state index contributed by atoms with van der Waals surface area (Å²) in [5.74, 6) is 0.966. The number of thiophene rings is 1. The largest absolute Gasteiger partial charge is 0.339 e. The third-order valence-electron chi connectivity index (χ3n) is 3.12. The van der Waals surface area contributed by atoms with Crippen molar-refractivity contribution in [3.05, 3.63) is 44.6 Å². The average Bonchev–Trinajstić information content (AvgIpc) is 3.07. The number of aromatic nitrogens is 3. The molecule has 0 radical (unpaired) electrons. The molecule has 0 fully saturated rings. The SMILES string of the molecule is Cc1cc(C)c(-c2noc(C)n2)c(NC(=O)c2ccc(Cl)s2)n1. The molecule has 3 heterocycles. The Labute approximate surface area is 141 Å². The Morgan fingerprint density at radius 2 is 2.04 bits per heavy atom. The van der Waals surface area contributed by atoms with Gasteiger partial charge in [0.15, 0.2) is 0 Å². The number of amides is 1. The topological polar surface area (TPSA) is 80.9 Å². The average molecular weight is 349 g/mol. The van der Waals surface area contributed by atoms with Crippen LogP contribution in [0.3, 0.4) is 0 Å². The number of aryl methyl sites for hydroxylation is 3. The maximum atomic E-state index is 12.4. The van der Waals surface area contributed by atoms with Crippen molar-refractivity contribution in [1.82, 2.24) is 15.1 Å². The van der Waals surface area contributed by atoms with Gasteiger partial charge >= 0.3 is 0 Å². The number of nitrogens with zero attached hydrogens (tertiary/aromatic N) is 3. The van der Waals surface area contributed by atoms with Gasteiger partial charge in [0.1, 0.15) is 5.82 Å². The Balaban J connectivity index is 2.02. The Bertz CT molecular complexity index is 887. The summed E-state index contributed by atoms with van der Waals surface area (Å²) in [6.07, 6.45) is 0. The molecule has 3 aromatic rings. The molecule has 118 valence electrons. The van der Waals surface area contributed by atoms with Gasteiger partial charge in [-0.05, 0) is 37.6 Å². The molecule has 3 aromatic heterocycles. The zero-order valence-electron chi connectivity index (χ0n) is 12.7. The van der Waals surface area contributed by atoms with Crippen molar-refractivity contribution in [2.75, 3.05) is 5.32 Å². The Morgan fingerprint density at radius 1 is 1.26 bits per heavy atom. The van der Waals surface area contributed by atoms with E-state index in [9.17, 15) is 4.79 Å². The fourth-order valence-corrected chi connectivity index (χ4v) is 3.15. The summed E-state index contributed by atoms with van der Waals surface area (Å²) in [6.45, 7) is 5.47. The first-order chi connectivity index (χ1) is 10.9. The van der Waals surface area contributed by atoms with Crippen LogP contribution in [0.2, 0.25) is 4.34 Å². The molecule has 6 nitrogen and oxygen atoms in total. The molecule has 23 heavy (non-hydrogen) atoms. The van der Waals surface area contributed by atoms with Crippen LogP contribution in [0.4, 0.5) is 5.82 Å². The molecule has 8 heteroatoms. The zero-order valence-corrected chi connectivity index (χ0v) is 14.2. The van der Waals surface area contributed by atoms with Gasteiger partial charge in [0, 0.05) is 12.6 Å². The maximum absolute atomic E-state index is 12.4. The summed E-state index contributed by atoms with van der Waals surface area (Å²) < 4.78 is 5.59. The van der Waals surface area contributed by atoms with E-state index in [1.165, 1.54) is 11.3 Å². The minimum atomic E-state index is -0.277. The van der Waals surface area contributed by atoms with Crippen molar-refractivity contribution in [3.63, 3.8) is 0 Å². The van der Waals surface area contributed by atoms with Gasteiger partial charge < -0.3 is 9.84 Å². The van der Waals surface area contributed by atoms with Crippen LogP contribution < -0.4 is 5.32 Å². The van der Waals surface area contributed by atoms with Crippen molar-refractivity contribution >= 4 is 34.7 Å². The van der Waals surface area contributed by atoms with Gasteiger partial charge in [-0.25, -0.2) is 4.98 Å². The highest BCUT2D eigenvalue weighted by Crippen LogP contribution is 2.30. The van der Waals surface area contributed by atoms with Gasteiger partial charge in [-0.2, -0.15) is 4.98 Å². The van der Waals surface area contributed by atoms with Crippen LogP contribution in [0.25, 0.3) is 11.4 Å². The maximum Gasteiger partial charge on any atom is 0.266 e. The van der Waals surface area contributed by atoms with Crippen molar-refractivity contribution in [2.24, 2.45) is 0 Å². The minimum Gasteiger partial charge on any atom is -0.339 e. The molecule has 0 spiro atoms. The van der Waals surface area contributed by atoms with Gasteiger partial charge in [-0.1, -0.05) is 16.8 Å². The second-order valence-corrected chi connectivity index (χ2v) is 6.71. The number of carbonyl (C=O) groups is 1. The lowest BCUT2D eigenvalue weighted by molar-refractivity contribution is 0.103. The van der Waals surface area contributed by atoms with Crippen LogP contribution in [0.1, 0.15) is 26.8 Å². The number of hydrogen-bond donors (Lipinski definition) is 1. The highest BCUT2D eigenvalue weighted by molar-refractivity contribution is 7.18. The minimum absolute atomic E-state index is 0.277. The van der Waals surface area contributed by atoms with E-state index in [1.54, 1.807) is 19.1 Å². The molecule has 3 rings (SSSR count).